The van der Waals surface area contributed by atoms with Crippen LogP contribution in [0.2, 0.25) is 0 Å². The maximum absolute atomic E-state index is 14.0. The Bertz CT molecular complexity index is 1870. The fourth-order valence-corrected chi connectivity index (χ4v) is 6.04. The van der Waals surface area contributed by atoms with Crippen molar-refractivity contribution in [2.75, 3.05) is 57.3 Å². The highest BCUT2D eigenvalue weighted by atomic mass is 16.2. The van der Waals surface area contributed by atoms with E-state index in [1.54, 1.807) is 13.0 Å². The molecule has 4 heterocycles. The molecule has 0 radical (unpaired) electrons. The van der Waals surface area contributed by atoms with Crippen LogP contribution in [0, 0.1) is 0 Å². The zero-order chi connectivity index (χ0) is 29.4. The second-order valence-electron chi connectivity index (χ2n) is 11.0. The van der Waals surface area contributed by atoms with E-state index in [4.69, 9.17) is 4.98 Å². The van der Waals surface area contributed by atoms with Gasteiger partial charge in [-0.05, 0) is 54.5 Å². The largest absolute Gasteiger partial charge is 0.353 e. The van der Waals surface area contributed by atoms with Crippen molar-refractivity contribution < 1.29 is 9.59 Å². The van der Waals surface area contributed by atoms with Gasteiger partial charge in [0.1, 0.15) is 17.0 Å². The fraction of sp³-hybridized carbons (Fsp3) is 0.375. The normalized spacial score (nSPS) is 14.1. The van der Waals surface area contributed by atoms with Crippen molar-refractivity contribution in [3.63, 3.8) is 0 Å². The quantitative estimate of drug-likeness (QED) is 0.297. The predicted octanol–water partition coefficient (Wildman–Crippen LogP) is 3.61. The van der Waals surface area contributed by atoms with Crippen LogP contribution in [0.4, 0.5) is 5.82 Å². The van der Waals surface area contributed by atoms with E-state index in [-0.39, 0.29) is 16.9 Å². The van der Waals surface area contributed by atoms with Crippen LogP contribution >= 0.6 is 0 Å². The molecule has 1 saturated heterocycles. The third kappa shape index (κ3) is 4.96. The van der Waals surface area contributed by atoms with E-state index in [1.807, 2.05) is 39.6 Å². The number of nitrogens with zero attached hydrogens (tertiary/aromatic N) is 5. The molecular formula is C32H37N7O3. The summed E-state index contributed by atoms with van der Waals surface area (Å²) >= 11 is 0. The lowest BCUT2D eigenvalue weighted by Crippen LogP contribution is -2.48. The lowest BCUT2D eigenvalue weighted by molar-refractivity contribution is -0.129. The van der Waals surface area contributed by atoms with Gasteiger partial charge in [0.2, 0.25) is 11.3 Å². The molecule has 1 aliphatic heterocycles. The maximum Gasteiger partial charge on any atom is 0.259 e. The number of H-pyrrole nitrogens is 1. The van der Waals surface area contributed by atoms with E-state index in [0.717, 1.165) is 47.1 Å². The molecule has 2 aromatic carbocycles. The van der Waals surface area contributed by atoms with E-state index in [2.05, 4.69) is 46.1 Å². The Kier molecular flexibility index (Phi) is 7.55. The lowest BCUT2D eigenvalue weighted by atomic mass is 10.1. The van der Waals surface area contributed by atoms with Crippen molar-refractivity contribution in [1.29, 1.82) is 0 Å². The summed E-state index contributed by atoms with van der Waals surface area (Å²) in [4.78, 5) is 54.1. The van der Waals surface area contributed by atoms with Crippen molar-refractivity contribution in [1.82, 2.24) is 29.5 Å². The Hall–Kier alpha value is -4.44. The van der Waals surface area contributed by atoms with Gasteiger partial charge in [0.15, 0.2) is 5.65 Å². The molecule has 5 aromatic rings. The van der Waals surface area contributed by atoms with Gasteiger partial charge in [-0.1, -0.05) is 38.1 Å². The summed E-state index contributed by atoms with van der Waals surface area (Å²) in [6, 6.07) is 15.8. The van der Waals surface area contributed by atoms with Crippen molar-refractivity contribution >= 4 is 56.1 Å². The van der Waals surface area contributed by atoms with E-state index in [9.17, 15) is 14.4 Å². The van der Waals surface area contributed by atoms with E-state index in [1.165, 1.54) is 0 Å². The van der Waals surface area contributed by atoms with Crippen LogP contribution in [0.1, 0.15) is 37.6 Å². The van der Waals surface area contributed by atoms with Gasteiger partial charge in [-0.25, -0.2) is 4.98 Å². The van der Waals surface area contributed by atoms with Gasteiger partial charge in [0, 0.05) is 46.2 Å². The van der Waals surface area contributed by atoms with Gasteiger partial charge in [0.25, 0.3) is 5.91 Å². The summed E-state index contributed by atoms with van der Waals surface area (Å²) in [5, 5.41) is 5.50. The highest BCUT2D eigenvalue weighted by Crippen LogP contribution is 2.28. The molecule has 1 aliphatic rings. The molecule has 10 nitrogen and oxygen atoms in total. The monoisotopic (exact) mass is 567 g/mol. The number of likely N-dealkylation sites (N-methyl/N-ethyl adjacent to an activating group) is 1. The Morgan fingerprint density at radius 2 is 1.74 bits per heavy atom. The molecule has 2 amide bonds. The molecule has 0 saturated carbocycles. The van der Waals surface area contributed by atoms with E-state index < -0.39 is 5.91 Å². The summed E-state index contributed by atoms with van der Waals surface area (Å²) < 4.78 is 1.91. The molecule has 0 bridgehead atoms. The third-order valence-electron chi connectivity index (χ3n) is 8.34. The van der Waals surface area contributed by atoms with Gasteiger partial charge in [-0.2, -0.15) is 0 Å². The van der Waals surface area contributed by atoms with Crippen LogP contribution in [0.5, 0.6) is 0 Å². The Morgan fingerprint density at radius 1 is 1.00 bits per heavy atom. The van der Waals surface area contributed by atoms with Gasteiger partial charge in [-0.15, -0.1) is 0 Å². The Balaban J connectivity index is 1.48. The topological polar surface area (TPSA) is 106 Å². The number of hydrogen-bond acceptors (Lipinski definition) is 6. The first-order valence-electron chi connectivity index (χ1n) is 14.8. The Labute approximate surface area is 243 Å². The predicted molar refractivity (Wildman–Crippen MR) is 168 cm³/mol. The van der Waals surface area contributed by atoms with Crippen LogP contribution in [-0.2, 0) is 4.79 Å². The third-order valence-corrected chi connectivity index (χ3v) is 8.34. The van der Waals surface area contributed by atoms with Gasteiger partial charge >= 0.3 is 0 Å². The lowest BCUT2D eigenvalue weighted by Gasteiger charge is -2.35. The first-order valence-corrected chi connectivity index (χ1v) is 14.8. The number of hydrogen-bond donors (Lipinski definition) is 2. The van der Waals surface area contributed by atoms with Crippen LogP contribution < -0.4 is 15.6 Å². The number of aromatic nitrogens is 3. The zero-order valence-electron chi connectivity index (χ0n) is 24.4. The minimum Gasteiger partial charge on any atom is -0.353 e. The molecule has 0 atom stereocenters. The fourth-order valence-electron chi connectivity index (χ4n) is 6.04. The minimum atomic E-state index is -0.396. The molecular weight excluding hydrogens is 530 g/mol. The van der Waals surface area contributed by atoms with E-state index >= 15 is 0 Å². The molecule has 10 heteroatoms. The molecule has 1 fully saturated rings. The summed E-state index contributed by atoms with van der Waals surface area (Å²) in [7, 11) is 0. The Morgan fingerprint density at radius 3 is 2.43 bits per heavy atom. The number of piperazine rings is 1. The summed E-state index contributed by atoms with van der Waals surface area (Å²) in [6.45, 7) is 11.4. The number of amides is 2. The van der Waals surface area contributed by atoms with Gasteiger partial charge in [-0.3, -0.25) is 18.8 Å². The summed E-state index contributed by atoms with van der Waals surface area (Å²) in [5.74, 6) is 0.410. The molecule has 2 N–H and O–H groups in total. The molecule has 0 spiro atoms. The molecule has 42 heavy (non-hydrogen) atoms. The number of anilines is 1. The number of benzene rings is 2. The van der Waals surface area contributed by atoms with Crippen molar-refractivity contribution in [3.8, 4) is 0 Å². The molecule has 0 unspecified atom stereocenters. The zero-order valence-corrected chi connectivity index (χ0v) is 24.4. The van der Waals surface area contributed by atoms with Crippen LogP contribution in [-0.4, -0.2) is 88.3 Å². The number of rotatable bonds is 8. The SMILES string of the molecule is CCCN(CC)CCNC(=O)c1c(=O)c2ccc(N3CCN(C(C)=O)CC3)nc2n2c1[nH]c1cc3ccccc3cc12. The average molecular weight is 568 g/mol. The number of imidazole rings is 1. The first kappa shape index (κ1) is 27.7. The standard InChI is InChI=1S/C32H37N7O3/c1-4-13-36(5-2)14-12-33-32(42)28-29(41)24-10-11-27(38-17-15-37(16-18-38)21(3)40)35-30(24)39-26-20-23-9-7-6-8-22(23)19-25(26)34-31(28)39/h6-11,19-20,34H,4-5,12-18H2,1-3H3,(H,33,42). The molecule has 0 aliphatic carbocycles. The molecule has 218 valence electrons. The number of carbonyl (C=O) groups is 2. The van der Waals surface area contributed by atoms with Crippen molar-refractivity contribution in [3.05, 3.63) is 64.3 Å². The smallest absolute Gasteiger partial charge is 0.259 e. The van der Waals surface area contributed by atoms with Crippen molar-refractivity contribution in [2.45, 2.75) is 27.2 Å². The number of nitrogens with one attached hydrogen (secondary N) is 2. The van der Waals surface area contributed by atoms with Crippen molar-refractivity contribution in [2.24, 2.45) is 0 Å². The highest BCUT2D eigenvalue weighted by molar-refractivity contribution is 6.07. The minimum absolute atomic E-state index is 0.0685. The van der Waals surface area contributed by atoms with Crippen LogP contribution in [0.15, 0.2) is 53.3 Å². The molecule has 6 rings (SSSR count). The number of aromatic amines is 1. The number of fused-ring (bicyclic) bond motifs is 6. The molecule has 3 aromatic heterocycles. The highest BCUT2D eigenvalue weighted by Gasteiger charge is 2.25. The second kappa shape index (κ2) is 11.4. The average Bonchev–Trinajstić information content (AvgIpc) is 3.37. The summed E-state index contributed by atoms with van der Waals surface area (Å²) in [6.07, 6.45) is 1.04. The number of carbonyl (C=O) groups excluding carboxylic acids is 2. The van der Waals surface area contributed by atoms with Gasteiger partial charge < -0.3 is 25.0 Å². The second-order valence-corrected chi connectivity index (χ2v) is 11.0. The van der Waals surface area contributed by atoms with Crippen LogP contribution in [0.3, 0.4) is 0 Å². The first-order chi connectivity index (χ1) is 20.4. The van der Waals surface area contributed by atoms with E-state index in [0.29, 0.717) is 55.9 Å². The maximum atomic E-state index is 14.0. The summed E-state index contributed by atoms with van der Waals surface area (Å²) in [5.41, 5.74) is 2.33. The van der Waals surface area contributed by atoms with Crippen LogP contribution in [0.25, 0.3) is 38.5 Å². The number of pyridine rings is 2. The van der Waals surface area contributed by atoms with Gasteiger partial charge in [0.05, 0.1) is 16.4 Å².